The molecule has 27 heavy (non-hydrogen) atoms. The maximum Gasteiger partial charge on any atom is 0.159 e. The summed E-state index contributed by atoms with van der Waals surface area (Å²) in [4.78, 5) is 7.10. The van der Waals surface area contributed by atoms with Crippen molar-refractivity contribution in [3.05, 3.63) is 77.4 Å². The van der Waals surface area contributed by atoms with Crippen LogP contribution in [-0.2, 0) is 6.54 Å². The molecule has 1 aliphatic rings. The van der Waals surface area contributed by atoms with Crippen LogP contribution in [0, 0.1) is 0 Å². The van der Waals surface area contributed by atoms with Gasteiger partial charge >= 0.3 is 0 Å². The van der Waals surface area contributed by atoms with Crippen molar-refractivity contribution < 1.29 is 0 Å². The Morgan fingerprint density at radius 1 is 1.11 bits per heavy atom. The summed E-state index contributed by atoms with van der Waals surface area (Å²) in [5.41, 5.74) is 5.02. The quantitative estimate of drug-likeness (QED) is 0.493. The van der Waals surface area contributed by atoms with E-state index >= 15 is 0 Å². The number of nitrogens with zero attached hydrogens (tertiary/aromatic N) is 5. The Kier molecular flexibility index (Phi) is 5.05. The topological polar surface area (TPSA) is 46.3 Å². The summed E-state index contributed by atoms with van der Waals surface area (Å²) in [7, 11) is 0. The fraction of sp³-hybridized carbons (Fsp3) is 0.286. The van der Waals surface area contributed by atoms with Gasteiger partial charge in [0.25, 0.3) is 0 Å². The van der Waals surface area contributed by atoms with E-state index in [1.54, 1.807) is 6.33 Å². The standard InChI is InChI=1S/C21H22ClN5/c1-3-26(4-2)21(22)16-10-11-18-17(12-16)20(15-8-6-5-7-9-15)23-13-19-25-24-14-27(18)19/h5-12,14,21H,3-4,13H2,1-2H3. The second-order valence-corrected chi connectivity index (χ2v) is 6.90. The highest BCUT2D eigenvalue weighted by atomic mass is 35.5. The molecule has 0 fully saturated rings. The third-order valence-corrected chi connectivity index (χ3v) is 5.52. The second kappa shape index (κ2) is 7.62. The number of fused-ring (bicyclic) bond motifs is 3. The molecule has 4 rings (SSSR count). The third kappa shape index (κ3) is 3.29. The minimum atomic E-state index is -0.175. The molecule has 1 unspecified atom stereocenters. The van der Waals surface area contributed by atoms with Crippen LogP contribution in [0.4, 0.5) is 0 Å². The van der Waals surface area contributed by atoms with Crippen molar-refractivity contribution in [1.82, 2.24) is 19.7 Å². The average Bonchev–Trinajstić information content (AvgIpc) is 3.12. The molecule has 138 valence electrons. The first-order valence-corrected chi connectivity index (χ1v) is 9.68. The maximum absolute atomic E-state index is 6.78. The van der Waals surface area contributed by atoms with Gasteiger partial charge in [-0.15, -0.1) is 21.8 Å². The van der Waals surface area contributed by atoms with Crippen molar-refractivity contribution in [1.29, 1.82) is 0 Å². The van der Waals surface area contributed by atoms with Crippen LogP contribution in [0.5, 0.6) is 0 Å². The van der Waals surface area contributed by atoms with Crippen LogP contribution < -0.4 is 0 Å². The summed E-state index contributed by atoms with van der Waals surface area (Å²) < 4.78 is 2.01. The highest BCUT2D eigenvalue weighted by Crippen LogP contribution is 2.31. The summed E-state index contributed by atoms with van der Waals surface area (Å²) >= 11 is 6.78. The molecule has 0 aliphatic carbocycles. The van der Waals surface area contributed by atoms with Gasteiger partial charge in [-0.25, -0.2) is 0 Å². The van der Waals surface area contributed by atoms with E-state index in [0.29, 0.717) is 6.54 Å². The van der Waals surface area contributed by atoms with E-state index in [-0.39, 0.29) is 5.50 Å². The Hall–Kier alpha value is -2.50. The molecular formula is C21H22ClN5. The lowest BCUT2D eigenvalue weighted by Crippen LogP contribution is -2.25. The summed E-state index contributed by atoms with van der Waals surface area (Å²) in [6.45, 7) is 6.55. The molecule has 2 heterocycles. The molecule has 0 spiro atoms. The van der Waals surface area contributed by atoms with Crippen molar-refractivity contribution in [2.24, 2.45) is 4.99 Å². The molecule has 1 aromatic heterocycles. The molecule has 0 radical (unpaired) electrons. The molecule has 0 amide bonds. The maximum atomic E-state index is 6.78. The molecule has 0 N–H and O–H groups in total. The summed E-state index contributed by atoms with van der Waals surface area (Å²) in [6.07, 6.45) is 1.75. The first-order valence-electron chi connectivity index (χ1n) is 9.24. The normalized spacial score (nSPS) is 14.3. The van der Waals surface area contributed by atoms with Crippen LogP contribution in [0.3, 0.4) is 0 Å². The zero-order chi connectivity index (χ0) is 18.8. The lowest BCUT2D eigenvalue weighted by molar-refractivity contribution is 0.282. The molecule has 2 aromatic carbocycles. The van der Waals surface area contributed by atoms with Crippen molar-refractivity contribution >= 4 is 17.3 Å². The molecular weight excluding hydrogens is 358 g/mol. The molecule has 0 bridgehead atoms. The van der Waals surface area contributed by atoms with Crippen molar-refractivity contribution in [2.75, 3.05) is 13.1 Å². The lowest BCUT2D eigenvalue weighted by atomic mass is 9.98. The van der Waals surface area contributed by atoms with E-state index in [0.717, 1.165) is 47.0 Å². The van der Waals surface area contributed by atoms with E-state index < -0.39 is 0 Å². The van der Waals surface area contributed by atoms with Gasteiger partial charge < -0.3 is 0 Å². The first kappa shape index (κ1) is 17.9. The predicted molar refractivity (Wildman–Crippen MR) is 109 cm³/mol. The lowest BCUT2D eigenvalue weighted by Gasteiger charge is -2.25. The zero-order valence-electron chi connectivity index (χ0n) is 15.5. The minimum Gasteiger partial charge on any atom is -0.284 e. The van der Waals surface area contributed by atoms with Crippen molar-refractivity contribution in [2.45, 2.75) is 25.9 Å². The van der Waals surface area contributed by atoms with Gasteiger partial charge in [-0.3, -0.25) is 14.5 Å². The molecule has 3 aromatic rings. The zero-order valence-corrected chi connectivity index (χ0v) is 16.3. The summed E-state index contributed by atoms with van der Waals surface area (Å²) in [5, 5.41) is 8.29. The van der Waals surface area contributed by atoms with E-state index in [1.165, 1.54) is 0 Å². The van der Waals surface area contributed by atoms with Gasteiger partial charge in [-0.05, 0) is 30.8 Å². The van der Waals surface area contributed by atoms with Crippen LogP contribution >= 0.6 is 11.6 Å². The Bertz CT molecular complexity index is 960. The van der Waals surface area contributed by atoms with Gasteiger partial charge in [-0.1, -0.05) is 50.2 Å². The number of benzene rings is 2. The van der Waals surface area contributed by atoms with E-state index in [9.17, 15) is 0 Å². The first-order chi connectivity index (χ1) is 13.2. The van der Waals surface area contributed by atoms with Crippen LogP contribution in [0.25, 0.3) is 5.69 Å². The van der Waals surface area contributed by atoms with Gasteiger partial charge in [-0.2, -0.15) is 0 Å². The van der Waals surface area contributed by atoms with Gasteiger partial charge in [0, 0.05) is 11.1 Å². The Labute approximate surface area is 164 Å². The van der Waals surface area contributed by atoms with Gasteiger partial charge in [0.05, 0.1) is 11.4 Å². The number of hydrogen-bond donors (Lipinski definition) is 0. The summed E-state index contributed by atoms with van der Waals surface area (Å²) in [6, 6.07) is 16.6. The monoisotopic (exact) mass is 379 g/mol. The van der Waals surface area contributed by atoms with Crippen molar-refractivity contribution in [3.8, 4) is 5.69 Å². The number of aromatic nitrogens is 3. The van der Waals surface area contributed by atoms with Crippen molar-refractivity contribution in [3.63, 3.8) is 0 Å². The predicted octanol–water partition coefficient (Wildman–Crippen LogP) is 4.20. The minimum absolute atomic E-state index is 0.175. The van der Waals surface area contributed by atoms with Crippen LogP contribution in [0.15, 0.2) is 59.9 Å². The number of rotatable bonds is 5. The number of aliphatic imine (C=N–C) groups is 1. The van der Waals surface area contributed by atoms with Crippen LogP contribution in [0.1, 0.15) is 41.9 Å². The van der Waals surface area contributed by atoms with Crippen LogP contribution in [-0.4, -0.2) is 38.5 Å². The van der Waals surface area contributed by atoms with Gasteiger partial charge in [0.15, 0.2) is 5.82 Å². The Balaban J connectivity index is 1.88. The van der Waals surface area contributed by atoms with E-state index in [4.69, 9.17) is 16.6 Å². The van der Waals surface area contributed by atoms with Gasteiger partial charge in [0.2, 0.25) is 0 Å². The Morgan fingerprint density at radius 2 is 1.89 bits per heavy atom. The molecule has 0 saturated carbocycles. The smallest absolute Gasteiger partial charge is 0.159 e. The highest BCUT2D eigenvalue weighted by Gasteiger charge is 2.22. The third-order valence-electron chi connectivity index (χ3n) is 4.99. The summed E-state index contributed by atoms with van der Waals surface area (Å²) in [5.74, 6) is 0.834. The molecule has 5 nitrogen and oxygen atoms in total. The SMILES string of the molecule is CCN(CC)C(Cl)c1ccc2c(c1)C(c1ccccc1)=NCc1nncn1-2. The average molecular weight is 380 g/mol. The molecule has 1 aliphatic heterocycles. The second-order valence-electron chi connectivity index (χ2n) is 6.48. The van der Waals surface area contributed by atoms with E-state index in [1.807, 2.05) is 22.8 Å². The fourth-order valence-corrected chi connectivity index (χ4v) is 3.91. The largest absolute Gasteiger partial charge is 0.284 e. The molecule has 0 saturated heterocycles. The van der Waals surface area contributed by atoms with Crippen LogP contribution in [0.2, 0.25) is 0 Å². The number of hydrogen-bond acceptors (Lipinski definition) is 4. The van der Waals surface area contributed by atoms with E-state index in [2.05, 4.69) is 59.3 Å². The van der Waals surface area contributed by atoms with Gasteiger partial charge in [0.1, 0.15) is 18.4 Å². The fourth-order valence-electron chi connectivity index (χ4n) is 3.50. The molecule has 6 heteroatoms. The molecule has 1 atom stereocenters. The highest BCUT2D eigenvalue weighted by molar-refractivity contribution is 6.21. The Morgan fingerprint density at radius 3 is 2.63 bits per heavy atom. The number of halogens is 1. The number of alkyl halides is 1.